The van der Waals surface area contributed by atoms with Crippen LogP contribution in [0.15, 0.2) is 24.4 Å². The molecule has 0 bridgehead atoms. The molecule has 1 atom stereocenters. The molecule has 0 spiro atoms. The molecule has 1 heterocycles. The molecule has 0 unspecified atom stereocenters. The lowest BCUT2D eigenvalue weighted by Crippen LogP contribution is -2.43. The van der Waals surface area contributed by atoms with Crippen LogP contribution >= 0.6 is 0 Å². The Labute approximate surface area is 77.1 Å². The summed E-state index contributed by atoms with van der Waals surface area (Å²) in [5.41, 5.74) is -0.362. The van der Waals surface area contributed by atoms with Crippen LogP contribution in [0.3, 0.4) is 0 Å². The highest BCUT2D eigenvalue weighted by atomic mass is 16.3. The molecule has 0 amide bonds. The van der Waals surface area contributed by atoms with Gasteiger partial charge in [0.15, 0.2) is 0 Å². The minimum Gasteiger partial charge on any atom is -0.387 e. The number of aliphatic hydroxyl groups excluding tert-OH is 1. The number of aromatic nitrogens is 1. The fourth-order valence-corrected chi connectivity index (χ4v) is 1.63. The van der Waals surface area contributed by atoms with E-state index >= 15 is 0 Å². The van der Waals surface area contributed by atoms with E-state index in [1.54, 1.807) is 18.3 Å². The summed E-state index contributed by atoms with van der Waals surface area (Å²) in [7, 11) is 0. The third-order valence-corrected chi connectivity index (χ3v) is 2.70. The molecule has 13 heavy (non-hydrogen) atoms. The average molecular weight is 179 g/mol. The summed E-state index contributed by atoms with van der Waals surface area (Å²) >= 11 is 0. The van der Waals surface area contributed by atoms with Crippen molar-refractivity contribution in [1.82, 2.24) is 4.98 Å². The SMILES string of the molecule is O[C@@H](c1ccccn1)C1(O)CCC1. The van der Waals surface area contributed by atoms with E-state index < -0.39 is 11.7 Å². The van der Waals surface area contributed by atoms with Gasteiger partial charge in [0.25, 0.3) is 0 Å². The van der Waals surface area contributed by atoms with E-state index in [0.717, 1.165) is 6.42 Å². The average Bonchev–Trinajstić information content (AvgIpc) is 2.14. The smallest absolute Gasteiger partial charge is 0.124 e. The Morgan fingerprint density at radius 3 is 2.62 bits per heavy atom. The van der Waals surface area contributed by atoms with Gasteiger partial charge in [0, 0.05) is 6.20 Å². The first kappa shape index (κ1) is 8.66. The number of hydrogen-bond donors (Lipinski definition) is 2. The van der Waals surface area contributed by atoms with Gasteiger partial charge in [0.2, 0.25) is 0 Å². The van der Waals surface area contributed by atoms with Crippen molar-refractivity contribution >= 4 is 0 Å². The predicted octanol–water partition coefficient (Wildman–Crippen LogP) is 1.03. The largest absolute Gasteiger partial charge is 0.387 e. The summed E-state index contributed by atoms with van der Waals surface area (Å²) in [4.78, 5) is 4.02. The lowest BCUT2D eigenvalue weighted by atomic mass is 9.75. The van der Waals surface area contributed by atoms with Gasteiger partial charge in [-0.25, -0.2) is 0 Å². The van der Waals surface area contributed by atoms with Crippen molar-refractivity contribution in [1.29, 1.82) is 0 Å². The second-order valence-corrected chi connectivity index (χ2v) is 3.61. The van der Waals surface area contributed by atoms with Gasteiger partial charge in [-0.2, -0.15) is 0 Å². The molecule has 70 valence electrons. The van der Waals surface area contributed by atoms with Gasteiger partial charge in [0.1, 0.15) is 6.10 Å². The van der Waals surface area contributed by atoms with Gasteiger partial charge in [-0.1, -0.05) is 6.07 Å². The van der Waals surface area contributed by atoms with E-state index in [4.69, 9.17) is 0 Å². The zero-order valence-electron chi connectivity index (χ0n) is 7.35. The van der Waals surface area contributed by atoms with Gasteiger partial charge >= 0.3 is 0 Å². The Morgan fingerprint density at radius 2 is 2.15 bits per heavy atom. The zero-order chi connectivity index (χ0) is 9.31. The van der Waals surface area contributed by atoms with Crippen molar-refractivity contribution < 1.29 is 10.2 Å². The van der Waals surface area contributed by atoms with Crippen LogP contribution in [0.5, 0.6) is 0 Å². The maximum absolute atomic E-state index is 9.84. The molecule has 2 rings (SSSR count). The van der Waals surface area contributed by atoms with E-state index in [0.29, 0.717) is 18.5 Å². The van der Waals surface area contributed by atoms with Gasteiger partial charge in [-0.05, 0) is 31.4 Å². The van der Waals surface area contributed by atoms with Gasteiger partial charge in [-0.15, -0.1) is 0 Å². The molecule has 3 heteroatoms. The van der Waals surface area contributed by atoms with E-state index in [9.17, 15) is 10.2 Å². The highest BCUT2D eigenvalue weighted by Gasteiger charge is 2.42. The number of nitrogens with zero attached hydrogens (tertiary/aromatic N) is 1. The van der Waals surface area contributed by atoms with Crippen LogP contribution in [0.4, 0.5) is 0 Å². The molecule has 1 aliphatic carbocycles. The van der Waals surface area contributed by atoms with Crippen LogP contribution in [0.1, 0.15) is 31.1 Å². The van der Waals surface area contributed by atoms with Crippen LogP contribution in [0, 0.1) is 0 Å². The lowest BCUT2D eigenvalue weighted by molar-refractivity contribution is -0.129. The second kappa shape index (κ2) is 3.09. The first-order valence-corrected chi connectivity index (χ1v) is 4.54. The molecule has 1 saturated carbocycles. The Balaban J connectivity index is 2.17. The Kier molecular flexibility index (Phi) is 2.06. The lowest BCUT2D eigenvalue weighted by Gasteiger charge is -2.40. The highest BCUT2D eigenvalue weighted by Crippen LogP contribution is 2.41. The van der Waals surface area contributed by atoms with E-state index in [-0.39, 0.29) is 0 Å². The number of aliphatic hydroxyl groups is 2. The van der Waals surface area contributed by atoms with Crippen molar-refractivity contribution in [2.75, 3.05) is 0 Å². The van der Waals surface area contributed by atoms with E-state index in [1.165, 1.54) is 0 Å². The van der Waals surface area contributed by atoms with Crippen molar-refractivity contribution in [2.24, 2.45) is 0 Å². The molecule has 1 fully saturated rings. The third-order valence-electron chi connectivity index (χ3n) is 2.70. The maximum Gasteiger partial charge on any atom is 0.124 e. The summed E-state index contributed by atoms with van der Waals surface area (Å²) in [5.74, 6) is 0. The van der Waals surface area contributed by atoms with Crippen molar-refractivity contribution in [2.45, 2.75) is 31.0 Å². The Morgan fingerprint density at radius 1 is 1.38 bits per heavy atom. The van der Waals surface area contributed by atoms with E-state index in [1.807, 2.05) is 6.07 Å². The number of hydrogen-bond acceptors (Lipinski definition) is 3. The third kappa shape index (κ3) is 1.45. The second-order valence-electron chi connectivity index (χ2n) is 3.61. The molecule has 0 aliphatic heterocycles. The molecule has 0 aromatic carbocycles. The predicted molar refractivity (Wildman–Crippen MR) is 48.0 cm³/mol. The molecule has 1 aromatic heterocycles. The van der Waals surface area contributed by atoms with Gasteiger partial charge in [0.05, 0.1) is 11.3 Å². The van der Waals surface area contributed by atoms with Crippen molar-refractivity contribution in [3.05, 3.63) is 30.1 Å². The minimum atomic E-state index is -0.922. The van der Waals surface area contributed by atoms with E-state index in [2.05, 4.69) is 4.98 Å². The summed E-state index contributed by atoms with van der Waals surface area (Å²) in [6, 6.07) is 5.34. The van der Waals surface area contributed by atoms with Gasteiger partial charge < -0.3 is 10.2 Å². The summed E-state index contributed by atoms with van der Waals surface area (Å²) < 4.78 is 0. The minimum absolute atomic E-state index is 0.560. The monoisotopic (exact) mass is 179 g/mol. The quantitative estimate of drug-likeness (QED) is 0.713. The molecule has 0 saturated heterocycles. The Bertz CT molecular complexity index is 282. The van der Waals surface area contributed by atoms with Crippen LogP contribution in [-0.2, 0) is 0 Å². The highest BCUT2D eigenvalue weighted by molar-refractivity contribution is 5.12. The topological polar surface area (TPSA) is 53.4 Å². The Hall–Kier alpha value is -0.930. The first-order chi connectivity index (χ1) is 6.22. The van der Waals surface area contributed by atoms with Crippen LogP contribution in [0.2, 0.25) is 0 Å². The fourth-order valence-electron chi connectivity index (χ4n) is 1.63. The summed E-state index contributed by atoms with van der Waals surface area (Å²) in [6.45, 7) is 0. The zero-order valence-corrected chi connectivity index (χ0v) is 7.35. The summed E-state index contributed by atoms with van der Waals surface area (Å²) in [5, 5.41) is 19.6. The van der Waals surface area contributed by atoms with Gasteiger partial charge in [-0.3, -0.25) is 4.98 Å². The first-order valence-electron chi connectivity index (χ1n) is 4.54. The standard InChI is InChI=1S/C10H13NO2/c12-9(10(13)5-3-6-10)8-4-1-2-7-11-8/h1-2,4,7,9,12-13H,3,5-6H2/t9-/m0/s1. The molecule has 0 radical (unpaired) electrons. The molecule has 3 nitrogen and oxygen atoms in total. The molecular weight excluding hydrogens is 166 g/mol. The molecular formula is C10H13NO2. The molecule has 1 aromatic rings. The number of rotatable bonds is 2. The van der Waals surface area contributed by atoms with Crippen LogP contribution in [0.25, 0.3) is 0 Å². The van der Waals surface area contributed by atoms with Crippen LogP contribution in [-0.4, -0.2) is 20.8 Å². The van der Waals surface area contributed by atoms with Crippen molar-refractivity contribution in [3.63, 3.8) is 0 Å². The van der Waals surface area contributed by atoms with Crippen LogP contribution < -0.4 is 0 Å². The number of pyridine rings is 1. The van der Waals surface area contributed by atoms with Crippen molar-refractivity contribution in [3.8, 4) is 0 Å². The maximum atomic E-state index is 9.84. The molecule has 2 N–H and O–H groups in total. The normalized spacial score (nSPS) is 22.0. The molecule has 1 aliphatic rings. The summed E-state index contributed by atoms with van der Waals surface area (Å²) in [6.07, 6.45) is 3.12. The fraction of sp³-hybridized carbons (Fsp3) is 0.500.